The summed E-state index contributed by atoms with van der Waals surface area (Å²) in [7, 11) is 0. The summed E-state index contributed by atoms with van der Waals surface area (Å²) in [5.74, 6) is -0.0452. The van der Waals surface area contributed by atoms with Crippen molar-refractivity contribution >= 4 is 23.5 Å². The summed E-state index contributed by atoms with van der Waals surface area (Å²) in [6, 6.07) is 5.25. The Hall–Kier alpha value is -2.08. The van der Waals surface area contributed by atoms with Crippen molar-refractivity contribution in [2.75, 3.05) is 11.9 Å². The maximum Gasteiger partial charge on any atom is 0.337 e. The Balaban J connectivity index is 2.11. The van der Waals surface area contributed by atoms with E-state index in [1.165, 1.54) is 0 Å². The van der Waals surface area contributed by atoms with Crippen LogP contribution in [0, 0.1) is 6.92 Å². The number of aromatic amines is 1. The fraction of sp³-hybridized carbons (Fsp3) is 0.250. The summed E-state index contributed by atoms with van der Waals surface area (Å²) in [6.07, 6.45) is 0. The average molecular weight is 281 g/mol. The van der Waals surface area contributed by atoms with E-state index in [4.69, 9.17) is 16.3 Å². The first-order valence-electron chi connectivity index (χ1n) is 5.73. The lowest BCUT2D eigenvalue weighted by Gasteiger charge is -2.05. The van der Waals surface area contributed by atoms with Crippen LogP contribution in [0.5, 0.6) is 6.01 Å². The van der Waals surface area contributed by atoms with Crippen LogP contribution in [0.1, 0.15) is 22.8 Å². The van der Waals surface area contributed by atoms with Crippen molar-refractivity contribution < 1.29 is 9.53 Å². The number of benzene rings is 1. The quantitative estimate of drug-likeness (QED) is 0.901. The van der Waals surface area contributed by atoms with Gasteiger partial charge in [-0.25, -0.2) is 5.10 Å². The molecule has 2 N–H and O–H groups in total. The smallest absolute Gasteiger partial charge is 0.337 e. The maximum absolute atomic E-state index is 12.0. The lowest BCUT2D eigenvalue weighted by Crippen LogP contribution is -2.14. The first-order valence-corrected chi connectivity index (χ1v) is 6.10. The van der Waals surface area contributed by atoms with Gasteiger partial charge in [-0.15, -0.1) is 5.10 Å². The molecule has 0 fully saturated rings. The van der Waals surface area contributed by atoms with Crippen LogP contribution < -0.4 is 10.1 Å². The number of hydrogen-bond donors (Lipinski definition) is 2. The van der Waals surface area contributed by atoms with E-state index in [1.54, 1.807) is 18.2 Å². The lowest BCUT2D eigenvalue weighted by atomic mass is 10.1. The monoisotopic (exact) mass is 280 g/mol. The van der Waals surface area contributed by atoms with Crippen LogP contribution in [0.25, 0.3) is 0 Å². The molecule has 0 saturated heterocycles. The number of aromatic nitrogens is 3. The molecule has 1 amide bonds. The molecule has 0 aliphatic carbocycles. The average Bonchev–Trinajstić information content (AvgIpc) is 2.76. The second kappa shape index (κ2) is 5.71. The molecule has 7 heteroatoms. The number of anilines is 1. The summed E-state index contributed by atoms with van der Waals surface area (Å²) in [5, 5.41) is 9.57. The molecule has 6 nitrogen and oxygen atoms in total. The minimum absolute atomic E-state index is 0.200. The van der Waals surface area contributed by atoms with E-state index in [1.807, 2.05) is 13.8 Å². The summed E-state index contributed by atoms with van der Waals surface area (Å²) in [5.41, 5.74) is 1.31. The number of H-pyrrole nitrogens is 1. The van der Waals surface area contributed by atoms with E-state index in [-0.39, 0.29) is 17.9 Å². The van der Waals surface area contributed by atoms with Crippen molar-refractivity contribution in [2.45, 2.75) is 13.8 Å². The Labute approximate surface area is 115 Å². The van der Waals surface area contributed by atoms with Crippen molar-refractivity contribution in [2.24, 2.45) is 0 Å². The van der Waals surface area contributed by atoms with Crippen LogP contribution in [0.2, 0.25) is 5.02 Å². The van der Waals surface area contributed by atoms with E-state index in [2.05, 4.69) is 20.5 Å². The number of amides is 1. The molecule has 0 aliphatic rings. The SMILES string of the molecule is CCOc1n[nH]c(NC(=O)c2ccc(Cl)cc2C)n1. The summed E-state index contributed by atoms with van der Waals surface area (Å²) >= 11 is 5.84. The highest BCUT2D eigenvalue weighted by Crippen LogP contribution is 2.16. The molecule has 19 heavy (non-hydrogen) atoms. The van der Waals surface area contributed by atoms with Crippen molar-refractivity contribution in [1.29, 1.82) is 0 Å². The van der Waals surface area contributed by atoms with Gasteiger partial charge in [0.15, 0.2) is 0 Å². The van der Waals surface area contributed by atoms with E-state index in [0.717, 1.165) is 5.56 Å². The normalized spacial score (nSPS) is 10.3. The third kappa shape index (κ3) is 3.23. The van der Waals surface area contributed by atoms with Gasteiger partial charge in [-0.1, -0.05) is 11.6 Å². The topological polar surface area (TPSA) is 79.9 Å². The standard InChI is InChI=1S/C12H13ClN4O2/c1-3-19-12-15-11(16-17-12)14-10(18)9-5-4-8(13)6-7(9)2/h4-6H,3H2,1-2H3,(H2,14,15,16,17,18). The molecular formula is C12H13ClN4O2. The predicted octanol–water partition coefficient (Wildman–Crippen LogP) is 2.42. The van der Waals surface area contributed by atoms with Crippen LogP contribution in [0.4, 0.5) is 5.95 Å². The van der Waals surface area contributed by atoms with Crippen molar-refractivity contribution in [3.05, 3.63) is 34.3 Å². The highest BCUT2D eigenvalue weighted by atomic mass is 35.5. The van der Waals surface area contributed by atoms with E-state index in [9.17, 15) is 4.79 Å². The van der Waals surface area contributed by atoms with Crippen LogP contribution in [0.3, 0.4) is 0 Å². The van der Waals surface area contributed by atoms with Gasteiger partial charge in [0.05, 0.1) is 6.61 Å². The minimum atomic E-state index is -0.284. The minimum Gasteiger partial charge on any atom is -0.463 e. The van der Waals surface area contributed by atoms with E-state index in [0.29, 0.717) is 17.2 Å². The number of aryl methyl sites for hydroxylation is 1. The Kier molecular flexibility index (Phi) is 4.01. The second-order valence-electron chi connectivity index (χ2n) is 3.81. The number of carbonyl (C=O) groups excluding carboxylic acids is 1. The van der Waals surface area contributed by atoms with Gasteiger partial charge >= 0.3 is 6.01 Å². The largest absolute Gasteiger partial charge is 0.463 e. The molecule has 0 aliphatic heterocycles. The third-order valence-electron chi connectivity index (χ3n) is 2.40. The maximum atomic E-state index is 12.0. The van der Waals surface area contributed by atoms with Gasteiger partial charge in [-0.2, -0.15) is 4.98 Å². The van der Waals surface area contributed by atoms with Gasteiger partial charge in [0.25, 0.3) is 5.91 Å². The molecule has 0 radical (unpaired) electrons. The molecule has 1 aromatic heterocycles. The first-order chi connectivity index (χ1) is 9.10. The molecule has 1 aromatic carbocycles. The summed E-state index contributed by atoms with van der Waals surface area (Å²) < 4.78 is 5.09. The zero-order valence-corrected chi connectivity index (χ0v) is 11.3. The number of ether oxygens (including phenoxy) is 1. The molecule has 0 spiro atoms. The summed E-state index contributed by atoms with van der Waals surface area (Å²) in [6.45, 7) is 4.10. The van der Waals surface area contributed by atoms with Crippen molar-refractivity contribution in [3.63, 3.8) is 0 Å². The number of rotatable bonds is 4. The fourth-order valence-electron chi connectivity index (χ4n) is 1.55. The number of halogens is 1. The van der Waals surface area contributed by atoms with Gasteiger partial charge in [0, 0.05) is 10.6 Å². The van der Waals surface area contributed by atoms with Crippen LogP contribution >= 0.6 is 11.6 Å². The zero-order valence-electron chi connectivity index (χ0n) is 10.5. The number of nitrogens with zero attached hydrogens (tertiary/aromatic N) is 2. The van der Waals surface area contributed by atoms with Gasteiger partial charge in [-0.05, 0) is 37.6 Å². The van der Waals surface area contributed by atoms with Crippen LogP contribution in [-0.2, 0) is 0 Å². The number of carbonyl (C=O) groups is 1. The van der Waals surface area contributed by atoms with Gasteiger partial charge in [-0.3, -0.25) is 10.1 Å². The highest BCUT2D eigenvalue weighted by molar-refractivity contribution is 6.30. The van der Waals surface area contributed by atoms with Gasteiger partial charge in [0.1, 0.15) is 0 Å². The molecule has 0 unspecified atom stereocenters. The van der Waals surface area contributed by atoms with Gasteiger partial charge in [0.2, 0.25) is 5.95 Å². The predicted molar refractivity (Wildman–Crippen MR) is 71.7 cm³/mol. The molecule has 0 saturated carbocycles. The third-order valence-corrected chi connectivity index (χ3v) is 2.64. The second-order valence-corrected chi connectivity index (χ2v) is 4.25. The summed E-state index contributed by atoms with van der Waals surface area (Å²) in [4.78, 5) is 16.0. The molecular weight excluding hydrogens is 268 g/mol. The van der Waals surface area contributed by atoms with Crippen molar-refractivity contribution in [1.82, 2.24) is 15.2 Å². The van der Waals surface area contributed by atoms with Crippen LogP contribution in [0.15, 0.2) is 18.2 Å². The molecule has 2 rings (SSSR count). The Morgan fingerprint density at radius 3 is 3.00 bits per heavy atom. The Bertz CT molecular complexity index is 597. The van der Waals surface area contributed by atoms with Crippen LogP contribution in [-0.4, -0.2) is 27.7 Å². The molecule has 2 aromatic rings. The number of nitrogens with one attached hydrogen (secondary N) is 2. The van der Waals surface area contributed by atoms with E-state index >= 15 is 0 Å². The lowest BCUT2D eigenvalue weighted by molar-refractivity contribution is 0.102. The Morgan fingerprint density at radius 2 is 2.32 bits per heavy atom. The van der Waals surface area contributed by atoms with E-state index < -0.39 is 0 Å². The first kappa shape index (κ1) is 13.4. The van der Waals surface area contributed by atoms with Gasteiger partial charge < -0.3 is 4.74 Å². The number of hydrogen-bond acceptors (Lipinski definition) is 4. The molecule has 0 bridgehead atoms. The highest BCUT2D eigenvalue weighted by Gasteiger charge is 2.12. The Morgan fingerprint density at radius 1 is 1.53 bits per heavy atom. The zero-order chi connectivity index (χ0) is 13.8. The molecule has 1 heterocycles. The fourth-order valence-corrected chi connectivity index (χ4v) is 1.78. The molecule has 0 atom stereocenters. The van der Waals surface area contributed by atoms with Crippen molar-refractivity contribution in [3.8, 4) is 6.01 Å². The molecule has 100 valence electrons.